The van der Waals surface area contributed by atoms with Gasteiger partial charge in [0.15, 0.2) is 0 Å². The molecule has 0 aromatic heterocycles. The van der Waals surface area contributed by atoms with Crippen molar-refractivity contribution in [1.82, 2.24) is 9.80 Å². The summed E-state index contributed by atoms with van der Waals surface area (Å²) in [5.41, 5.74) is 0. The zero-order chi connectivity index (χ0) is 16.1. The van der Waals surface area contributed by atoms with Crippen LogP contribution in [0.3, 0.4) is 0 Å². The first-order valence-corrected chi connectivity index (χ1v) is 10.2. The summed E-state index contributed by atoms with van der Waals surface area (Å²) in [5.74, 6) is 1.25. The number of carbonyl (C=O) groups excluding carboxylic acids is 2. The summed E-state index contributed by atoms with van der Waals surface area (Å²) in [6.45, 7) is 2.63. The van der Waals surface area contributed by atoms with Crippen LogP contribution in [0, 0.1) is 0 Å². The lowest BCUT2D eigenvalue weighted by Gasteiger charge is -2.34. The Morgan fingerprint density at radius 1 is 0.957 bits per heavy atom. The van der Waals surface area contributed by atoms with Gasteiger partial charge in [-0.05, 0) is 25.7 Å². The minimum atomic E-state index is 0.140. The highest BCUT2D eigenvalue weighted by Crippen LogP contribution is 2.34. The molecule has 0 bridgehead atoms. The summed E-state index contributed by atoms with van der Waals surface area (Å²) in [6, 6.07) is 0.945. The maximum absolute atomic E-state index is 12.6. The van der Waals surface area contributed by atoms with E-state index in [-0.39, 0.29) is 11.8 Å². The molecule has 1 heterocycles. The van der Waals surface area contributed by atoms with Crippen LogP contribution in [-0.2, 0) is 14.3 Å². The molecular formula is C17H28N2O3S. The number of ether oxygens (including phenoxy) is 1. The second-order valence-electron chi connectivity index (χ2n) is 6.81. The Morgan fingerprint density at radius 2 is 1.61 bits per heavy atom. The predicted molar refractivity (Wildman–Crippen MR) is 91.5 cm³/mol. The van der Waals surface area contributed by atoms with E-state index in [1.165, 1.54) is 56.7 Å². The van der Waals surface area contributed by atoms with Crippen LogP contribution in [0.25, 0.3) is 0 Å². The minimum Gasteiger partial charge on any atom is -0.378 e. The summed E-state index contributed by atoms with van der Waals surface area (Å²) >= 11 is 1.48. The van der Waals surface area contributed by atoms with Gasteiger partial charge in [0.2, 0.25) is 11.8 Å². The molecule has 3 rings (SSSR count). The van der Waals surface area contributed by atoms with Gasteiger partial charge in [-0.3, -0.25) is 9.59 Å². The summed E-state index contributed by atoms with van der Waals surface area (Å²) in [6.07, 6.45) is 8.48. The Kier molecular flexibility index (Phi) is 6.22. The lowest BCUT2D eigenvalue weighted by atomic mass is 9.94. The first kappa shape index (κ1) is 17.1. The van der Waals surface area contributed by atoms with Crippen LogP contribution in [0.2, 0.25) is 0 Å². The van der Waals surface area contributed by atoms with Crippen LogP contribution in [0.5, 0.6) is 0 Å². The Hall–Kier alpha value is -0.750. The van der Waals surface area contributed by atoms with E-state index in [9.17, 15) is 9.59 Å². The van der Waals surface area contributed by atoms with Crippen LogP contribution in [0.1, 0.15) is 44.9 Å². The van der Waals surface area contributed by atoms with Crippen LogP contribution >= 0.6 is 11.8 Å². The average molecular weight is 340 g/mol. The number of amides is 2. The summed E-state index contributed by atoms with van der Waals surface area (Å²) in [4.78, 5) is 28.8. The zero-order valence-corrected chi connectivity index (χ0v) is 14.7. The Bertz CT molecular complexity index is 416. The van der Waals surface area contributed by atoms with Crippen molar-refractivity contribution in [2.45, 2.75) is 57.0 Å². The van der Waals surface area contributed by atoms with Gasteiger partial charge in [0.25, 0.3) is 0 Å². The topological polar surface area (TPSA) is 49.9 Å². The molecule has 3 aliphatic rings. The molecule has 0 atom stereocenters. The fraction of sp³-hybridized carbons (Fsp3) is 0.882. The highest BCUT2D eigenvalue weighted by Gasteiger charge is 2.37. The van der Waals surface area contributed by atoms with Crippen molar-refractivity contribution >= 4 is 23.6 Å². The van der Waals surface area contributed by atoms with Gasteiger partial charge in [0.05, 0.1) is 24.7 Å². The zero-order valence-electron chi connectivity index (χ0n) is 13.9. The normalized spacial score (nSPS) is 22.9. The van der Waals surface area contributed by atoms with E-state index < -0.39 is 0 Å². The molecule has 1 aliphatic heterocycles. The first-order valence-electron chi connectivity index (χ1n) is 9.00. The molecule has 2 aliphatic carbocycles. The van der Waals surface area contributed by atoms with E-state index in [1.54, 1.807) is 0 Å². The smallest absolute Gasteiger partial charge is 0.233 e. The molecule has 3 fully saturated rings. The standard InChI is InChI=1S/C17H28N2O3S/c20-16(18-8-10-22-11-9-18)12-23-13-17(21)19(15-6-7-15)14-4-2-1-3-5-14/h14-15H,1-13H2. The molecule has 0 N–H and O–H groups in total. The maximum atomic E-state index is 12.6. The number of hydrogen-bond acceptors (Lipinski definition) is 4. The average Bonchev–Trinajstić information content (AvgIpc) is 3.41. The van der Waals surface area contributed by atoms with Crippen molar-refractivity contribution in [2.24, 2.45) is 0 Å². The first-order chi connectivity index (χ1) is 11.3. The van der Waals surface area contributed by atoms with Crippen LogP contribution < -0.4 is 0 Å². The quantitative estimate of drug-likeness (QED) is 0.741. The molecule has 130 valence electrons. The summed E-state index contributed by atoms with van der Waals surface area (Å²) < 4.78 is 5.26. The van der Waals surface area contributed by atoms with Crippen molar-refractivity contribution in [3.05, 3.63) is 0 Å². The van der Waals surface area contributed by atoms with Crippen molar-refractivity contribution in [1.29, 1.82) is 0 Å². The molecule has 6 heteroatoms. The number of nitrogens with zero attached hydrogens (tertiary/aromatic N) is 2. The lowest BCUT2D eigenvalue weighted by molar-refractivity contribution is -0.132. The molecule has 0 aromatic carbocycles. The Balaban J connectivity index is 1.42. The van der Waals surface area contributed by atoms with Crippen LogP contribution in [-0.4, -0.2) is 71.5 Å². The summed E-state index contributed by atoms with van der Waals surface area (Å²) in [7, 11) is 0. The van der Waals surface area contributed by atoms with Gasteiger partial charge >= 0.3 is 0 Å². The lowest BCUT2D eigenvalue weighted by Crippen LogP contribution is -2.44. The molecule has 2 amide bonds. The third-order valence-corrected chi connectivity index (χ3v) is 5.91. The molecule has 0 aromatic rings. The number of rotatable bonds is 6. The van der Waals surface area contributed by atoms with Gasteiger partial charge in [-0.2, -0.15) is 0 Å². The SMILES string of the molecule is O=C(CSCC(=O)N(C1CCCCC1)C1CC1)N1CCOCC1. The molecule has 5 nitrogen and oxygen atoms in total. The second kappa shape index (κ2) is 8.38. The van der Waals surface area contributed by atoms with Gasteiger partial charge in [-0.25, -0.2) is 0 Å². The van der Waals surface area contributed by atoms with E-state index in [0.717, 1.165) is 0 Å². The highest BCUT2D eigenvalue weighted by molar-refractivity contribution is 8.00. The van der Waals surface area contributed by atoms with E-state index in [0.29, 0.717) is 49.9 Å². The molecule has 0 spiro atoms. The molecule has 1 saturated heterocycles. The second-order valence-corrected chi connectivity index (χ2v) is 7.80. The van der Waals surface area contributed by atoms with Crippen molar-refractivity contribution in [3.8, 4) is 0 Å². The van der Waals surface area contributed by atoms with E-state index in [2.05, 4.69) is 4.90 Å². The molecule has 0 radical (unpaired) electrons. The predicted octanol–water partition coefficient (Wildman–Crippen LogP) is 1.90. The van der Waals surface area contributed by atoms with E-state index in [4.69, 9.17) is 4.74 Å². The number of carbonyl (C=O) groups is 2. The van der Waals surface area contributed by atoms with E-state index in [1.807, 2.05) is 4.90 Å². The third kappa shape index (κ3) is 4.86. The Labute approximate surface area is 143 Å². The monoisotopic (exact) mass is 340 g/mol. The van der Waals surface area contributed by atoms with Crippen LogP contribution in [0.4, 0.5) is 0 Å². The van der Waals surface area contributed by atoms with Gasteiger partial charge in [0, 0.05) is 25.2 Å². The van der Waals surface area contributed by atoms with E-state index >= 15 is 0 Å². The molecule has 23 heavy (non-hydrogen) atoms. The fourth-order valence-electron chi connectivity index (χ4n) is 3.62. The van der Waals surface area contributed by atoms with Gasteiger partial charge in [-0.1, -0.05) is 19.3 Å². The van der Waals surface area contributed by atoms with Gasteiger partial charge in [-0.15, -0.1) is 11.8 Å². The van der Waals surface area contributed by atoms with Crippen LogP contribution in [0.15, 0.2) is 0 Å². The fourth-order valence-corrected chi connectivity index (χ4v) is 4.40. The number of thioether (sulfide) groups is 1. The maximum Gasteiger partial charge on any atom is 0.233 e. The minimum absolute atomic E-state index is 0.140. The van der Waals surface area contributed by atoms with Crippen molar-refractivity contribution in [3.63, 3.8) is 0 Å². The third-order valence-electron chi connectivity index (χ3n) is 5.01. The molecular weight excluding hydrogens is 312 g/mol. The Morgan fingerprint density at radius 3 is 2.26 bits per heavy atom. The van der Waals surface area contributed by atoms with Crippen molar-refractivity contribution < 1.29 is 14.3 Å². The summed E-state index contributed by atoms with van der Waals surface area (Å²) in [5, 5.41) is 0. The largest absolute Gasteiger partial charge is 0.378 e. The molecule has 0 unspecified atom stereocenters. The molecule has 2 saturated carbocycles. The van der Waals surface area contributed by atoms with Gasteiger partial charge < -0.3 is 14.5 Å². The number of morpholine rings is 1. The number of hydrogen-bond donors (Lipinski definition) is 0. The van der Waals surface area contributed by atoms with Gasteiger partial charge in [0.1, 0.15) is 0 Å². The highest BCUT2D eigenvalue weighted by atomic mass is 32.2. The van der Waals surface area contributed by atoms with Crippen molar-refractivity contribution in [2.75, 3.05) is 37.8 Å².